The number of piperidine rings is 3. The molecule has 4 atom stereocenters. The number of fused-ring (bicyclic) bond motifs is 4. The minimum absolute atomic E-state index is 0.0848. The maximum absolute atomic E-state index is 12.8. The number of rotatable bonds is 4. The number of nitrogens with zero attached hydrogens (tertiary/aromatic N) is 3. The van der Waals surface area contributed by atoms with Gasteiger partial charge in [0, 0.05) is 45.7 Å². The molecule has 0 radical (unpaired) electrons. The monoisotopic (exact) mass is 437 g/mol. The smallest absolute Gasteiger partial charge is 0.290 e. The van der Waals surface area contributed by atoms with Gasteiger partial charge in [-0.25, -0.2) is 0 Å². The first-order chi connectivity index (χ1) is 14.3. The number of amides is 1. The Kier molecular flexibility index (Phi) is 7.15. The van der Waals surface area contributed by atoms with Crippen molar-refractivity contribution in [1.82, 2.24) is 13.5 Å². The summed E-state index contributed by atoms with van der Waals surface area (Å²) in [5.41, 5.74) is 1.21. The fourth-order valence-electron chi connectivity index (χ4n) is 5.27. The molecule has 1 amide bonds. The maximum atomic E-state index is 12.8. The molecule has 166 valence electrons. The van der Waals surface area contributed by atoms with Crippen LogP contribution < -0.4 is 0 Å². The lowest BCUT2D eigenvalue weighted by atomic mass is 9.71. The summed E-state index contributed by atoms with van der Waals surface area (Å²) in [6, 6.07) is 10.5. The summed E-state index contributed by atoms with van der Waals surface area (Å²) < 4.78 is 28.5. The number of benzene rings is 1. The van der Waals surface area contributed by atoms with E-state index in [0.717, 1.165) is 25.7 Å². The van der Waals surface area contributed by atoms with Crippen molar-refractivity contribution >= 4 is 22.6 Å². The minimum atomic E-state index is -3.43. The van der Waals surface area contributed by atoms with Crippen molar-refractivity contribution in [3.8, 4) is 0 Å². The molecule has 30 heavy (non-hydrogen) atoms. The Balaban J connectivity index is 0.000000806. The maximum Gasteiger partial charge on any atom is 0.290 e. The molecule has 1 N–H and O–H groups in total. The van der Waals surface area contributed by atoms with Crippen molar-refractivity contribution < 1.29 is 23.1 Å². The molecule has 2 bridgehead atoms. The van der Waals surface area contributed by atoms with Crippen molar-refractivity contribution in [2.75, 3.05) is 27.2 Å². The first-order valence-corrected chi connectivity index (χ1v) is 11.8. The molecular weight excluding hydrogens is 406 g/mol. The van der Waals surface area contributed by atoms with Crippen LogP contribution in [0.15, 0.2) is 30.3 Å². The Hall–Kier alpha value is -1.97. The SMILES string of the molecule is CN(C)S(=O)(=O)N1C[C@H]2C[C@@H](C1)[C@H](Cc1ccccc1)N1C(=O)CCC[C@@H]21.O=CO. The zero-order chi connectivity index (χ0) is 21.9. The van der Waals surface area contributed by atoms with Gasteiger partial charge in [0.2, 0.25) is 5.91 Å². The highest BCUT2D eigenvalue weighted by molar-refractivity contribution is 7.86. The first-order valence-electron chi connectivity index (χ1n) is 10.4. The van der Waals surface area contributed by atoms with E-state index < -0.39 is 10.2 Å². The van der Waals surface area contributed by atoms with Gasteiger partial charge in [-0.05, 0) is 43.1 Å². The van der Waals surface area contributed by atoms with Crippen LogP contribution >= 0.6 is 0 Å². The summed E-state index contributed by atoms with van der Waals surface area (Å²) in [5.74, 6) is 0.692. The third kappa shape index (κ3) is 4.53. The standard InChI is InChI=1S/C20H29N3O3S.CH2O2/c1-21(2)27(25,26)22-13-16-12-17(14-22)19(11-15-7-4-3-5-8-15)23-18(16)9-6-10-20(23)24;2-1-3/h3-5,7-8,16-19H,6,9-14H2,1-2H3;1H,(H,2,3)/t16-,17+,18+,19+;/m1./s1. The fourth-order valence-corrected chi connectivity index (χ4v) is 6.49. The number of carbonyl (C=O) groups is 2. The van der Waals surface area contributed by atoms with E-state index in [9.17, 15) is 13.2 Å². The highest BCUT2D eigenvalue weighted by atomic mass is 32.2. The van der Waals surface area contributed by atoms with Crippen LogP contribution in [-0.2, 0) is 26.2 Å². The second kappa shape index (κ2) is 9.45. The Morgan fingerprint density at radius 1 is 1.17 bits per heavy atom. The van der Waals surface area contributed by atoms with Gasteiger partial charge >= 0.3 is 0 Å². The van der Waals surface area contributed by atoms with Gasteiger partial charge in [-0.15, -0.1) is 0 Å². The Bertz CT molecular complexity index is 845. The lowest BCUT2D eigenvalue weighted by molar-refractivity contribution is -0.150. The first kappa shape index (κ1) is 22.7. The van der Waals surface area contributed by atoms with Crippen molar-refractivity contribution in [2.45, 2.75) is 44.2 Å². The summed E-state index contributed by atoms with van der Waals surface area (Å²) in [7, 11) is -0.237. The molecule has 0 spiro atoms. The largest absolute Gasteiger partial charge is 0.483 e. The summed E-state index contributed by atoms with van der Waals surface area (Å²) in [5, 5.41) is 6.89. The molecule has 3 heterocycles. The molecule has 0 aliphatic carbocycles. The Morgan fingerprint density at radius 2 is 1.80 bits per heavy atom. The van der Waals surface area contributed by atoms with Gasteiger partial charge in [-0.3, -0.25) is 9.59 Å². The van der Waals surface area contributed by atoms with E-state index >= 15 is 0 Å². The van der Waals surface area contributed by atoms with Gasteiger partial charge in [-0.2, -0.15) is 17.0 Å². The van der Waals surface area contributed by atoms with Gasteiger partial charge in [0.05, 0.1) is 0 Å². The van der Waals surface area contributed by atoms with E-state index in [0.29, 0.717) is 19.5 Å². The van der Waals surface area contributed by atoms with Crippen LogP contribution in [0, 0.1) is 11.8 Å². The summed E-state index contributed by atoms with van der Waals surface area (Å²) >= 11 is 0. The van der Waals surface area contributed by atoms with Gasteiger partial charge in [0.1, 0.15) is 0 Å². The number of carboxylic acid groups (broad SMARTS) is 1. The minimum Gasteiger partial charge on any atom is -0.483 e. The van der Waals surface area contributed by atoms with Gasteiger partial charge in [0.25, 0.3) is 16.7 Å². The number of hydrogen-bond acceptors (Lipinski definition) is 4. The summed E-state index contributed by atoms with van der Waals surface area (Å²) in [6.45, 7) is 0.786. The zero-order valence-electron chi connectivity index (χ0n) is 17.6. The molecular formula is C21H31N3O5S. The van der Waals surface area contributed by atoms with Gasteiger partial charge in [-0.1, -0.05) is 30.3 Å². The molecule has 9 heteroatoms. The average Bonchev–Trinajstić information content (AvgIpc) is 2.72. The van der Waals surface area contributed by atoms with E-state index in [-0.39, 0.29) is 36.3 Å². The van der Waals surface area contributed by atoms with Crippen LogP contribution in [0.4, 0.5) is 0 Å². The van der Waals surface area contributed by atoms with Crippen molar-refractivity contribution in [3.63, 3.8) is 0 Å². The molecule has 3 saturated heterocycles. The highest BCUT2D eigenvalue weighted by Gasteiger charge is 2.51. The molecule has 0 saturated carbocycles. The van der Waals surface area contributed by atoms with Crippen LogP contribution in [-0.4, -0.2) is 78.7 Å². The van der Waals surface area contributed by atoms with Crippen LogP contribution in [0.5, 0.6) is 0 Å². The van der Waals surface area contributed by atoms with Crippen LogP contribution in [0.1, 0.15) is 31.2 Å². The molecule has 1 aromatic rings. The third-order valence-corrected chi connectivity index (χ3v) is 8.41. The Morgan fingerprint density at radius 3 is 2.43 bits per heavy atom. The molecule has 0 unspecified atom stereocenters. The summed E-state index contributed by atoms with van der Waals surface area (Å²) in [4.78, 5) is 23.3. The average molecular weight is 438 g/mol. The van der Waals surface area contributed by atoms with Gasteiger partial charge in [0.15, 0.2) is 0 Å². The van der Waals surface area contributed by atoms with Crippen LogP contribution in [0.3, 0.4) is 0 Å². The lowest BCUT2D eigenvalue weighted by Gasteiger charge is -2.56. The van der Waals surface area contributed by atoms with E-state index in [2.05, 4.69) is 17.0 Å². The van der Waals surface area contributed by atoms with Crippen LogP contribution in [0.2, 0.25) is 0 Å². The topological polar surface area (TPSA) is 98.2 Å². The third-order valence-electron chi connectivity index (χ3n) is 6.54. The predicted octanol–water partition coefficient (Wildman–Crippen LogP) is 1.44. The van der Waals surface area contributed by atoms with Gasteiger partial charge < -0.3 is 10.0 Å². The quantitative estimate of drug-likeness (QED) is 0.719. The fraction of sp³-hybridized carbons (Fsp3) is 0.619. The van der Waals surface area contributed by atoms with Crippen molar-refractivity contribution in [2.24, 2.45) is 11.8 Å². The molecule has 1 aromatic carbocycles. The summed E-state index contributed by atoms with van der Waals surface area (Å²) in [6.07, 6.45) is 4.35. The van der Waals surface area contributed by atoms with E-state index in [1.54, 1.807) is 18.4 Å². The zero-order valence-corrected chi connectivity index (χ0v) is 18.4. The molecule has 3 aliphatic heterocycles. The highest BCUT2D eigenvalue weighted by Crippen LogP contribution is 2.43. The van der Waals surface area contributed by atoms with Crippen molar-refractivity contribution in [1.29, 1.82) is 0 Å². The second-order valence-corrected chi connectivity index (χ2v) is 10.6. The second-order valence-electron chi connectivity index (χ2n) is 8.49. The number of hydrogen-bond donors (Lipinski definition) is 1. The van der Waals surface area contributed by atoms with Crippen molar-refractivity contribution in [3.05, 3.63) is 35.9 Å². The predicted molar refractivity (Wildman–Crippen MR) is 113 cm³/mol. The molecule has 4 rings (SSSR count). The number of carbonyl (C=O) groups excluding carboxylic acids is 1. The van der Waals surface area contributed by atoms with Crippen LogP contribution in [0.25, 0.3) is 0 Å². The molecule has 8 nitrogen and oxygen atoms in total. The lowest BCUT2D eigenvalue weighted by Crippen LogP contribution is -2.66. The van der Waals surface area contributed by atoms with E-state index in [1.165, 1.54) is 9.87 Å². The molecule has 3 fully saturated rings. The van der Waals surface area contributed by atoms with E-state index in [1.807, 2.05) is 18.2 Å². The molecule has 3 aliphatic rings. The normalized spacial score (nSPS) is 29.0. The molecule has 0 aromatic heterocycles. The Labute approximate surface area is 178 Å². The van der Waals surface area contributed by atoms with E-state index in [4.69, 9.17) is 9.90 Å².